The second-order valence-electron chi connectivity index (χ2n) is 4.92. The molecule has 1 heterocycles. The summed E-state index contributed by atoms with van der Waals surface area (Å²) in [4.78, 5) is 24.6. The Bertz CT molecular complexity index is 512. The molecule has 118 valence electrons. The molecule has 1 amide bonds. The lowest BCUT2D eigenvalue weighted by atomic mass is 10.1. The number of thiophene rings is 1. The Hall–Kier alpha value is -1.60. The first-order chi connectivity index (χ1) is 9.93. The first kappa shape index (κ1) is 17.5. The van der Waals surface area contributed by atoms with Gasteiger partial charge in [-0.1, -0.05) is 13.8 Å². The molecule has 21 heavy (non-hydrogen) atoms. The Morgan fingerprint density at radius 2 is 2.05 bits per heavy atom. The molecule has 0 aliphatic rings. The molecule has 0 saturated carbocycles. The number of Topliss-reactive ketones (excluding diaryl/α,β-unsaturated/α-hetero) is 1. The van der Waals surface area contributed by atoms with Gasteiger partial charge in [-0.15, -0.1) is 11.3 Å². The minimum atomic E-state index is -0.291. The summed E-state index contributed by atoms with van der Waals surface area (Å²) in [5.41, 5.74) is 6.62. The van der Waals surface area contributed by atoms with E-state index in [1.165, 1.54) is 18.4 Å². The van der Waals surface area contributed by atoms with Gasteiger partial charge < -0.3 is 21.1 Å². The highest BCUT2D eigenvalue weighted by Gasteiger charge is 2.25. The van der Waals surface area contributed by atoms with Gasteiger partial charge in [-0.2, -0.15) is 0 Å². The summed E-state index contributed by atoms with van der Waals surface area (Å²) in [6, 6.07) is 0. The second kappa shape index (κ2) is 7.99. The average molecular weight is 313 g/mol. The Morgan fingerprint density at radius 3 is 2.57 bits per heavy atom. The molecule has 0 bridgehead atoms. The van der Waals surface area contributed by atoms with E-state index < -0.39 is 0 Å². The normalized spacial score (nSPS) is 10.7. The van der Waals surface area contributed by atoms with Crippen LogP contribution in [0.4, 0.5) is 10.7 Å². The van der Waals surface area contributed by atoms with Crippen molar-refractivity contribution in [2.24, 2.45) is 5.92 Å². The third-order valence-corrected chi connectivity index (χ3v) is 4.14. The molecule has 0 saturated heterocycles. The van der Waals surface area contributed by atoms with Gasteiger partial charge in [-0.25, -0.2) is 0 Å². The fourth-order valence-corrected chi connectivity index (χ4v) is 3.01. The molecule has 0 aliphatic heterocycles. The number of amides is 1. The van der Waals surface area contributed by atoms with E-state index in [2.05, 4.69) is 10.6 Å². The van der Waals surface area contributed by atoms with Crippen molar-refractivity contribution in [3.63, 3.8) is 0 Å². The molecule has 6 nitrogen and oxygen atoms in total. The zero-order valence-corrected chi connectivity index (χ0v) is 13.7. The molecule has 7 heteroatoms. The first-order valence-corrected chi connectivity index (χ1v) is 7.67. The summed E-state index contributed by atoms with van der Waals surface area (Å²) in [6.07, 6.45) is 0.801. The van der Waals surface area contributed by atoms with E-state index in [1.54, 1.807) is 7.11 Å². The van der Waals surface area contributed by atoms with Crippen molar-refractivity contribution in [1.82, 2.24) is 5.32 Å². The number of nitrogens with one attached hydrogen (secondary N) is 2. The molecule has 0 atom stereocenters. The van der Waals surface area contributed by atoms with Crippen molar-refractivity contribution in [3.05, 3.63) is 10.4 Å². The number of anilines is 2. The molecule has 0 radical (unpaired) electrons. The Balaban J connectivity index is 3.06. The van der Waals surface area contributed by atoms with Crippen molar-refractivity contribution in [3.8, 4) is 0 Å². The maximum Gasteiger partial charge on any atom is 0.256 e. The van der Waals surface area contributed by atoms with Gasteiger partial charge >= 0.3 is 0 Å². The van der Waals surface area contributed by atoms with Crippen LogP contribution in [0.25, 0.3) is 0 Å². The maximum atomic E-state index is 12.2. The summed E-state index contributed by atoms with van der Waals surface area (Å²) in [7, 11) is 3.18. The van der Waals surface area contributed by atoms with Crippen molar-refractivity contribution in [2.45, 2.75) is 20.3 Å². The van der Waals surface area contributed by atoms with Gasteiger partial charge in [0.25, 0.3) is 5.91 Å². The van der Waals surface area contributed by atoms with Crippen LogP contribution >= 0.6 is 11.3 Å². The highest BCUT2D eigenvalue weighted by atomic mass is 32.1. The molecule has 1 aromatic heterocycles. The summed E-state index contributed by atoms with van der Waals surface area (Å²) in [5.74, 6) is -0.502. The fourth-order valence-electron chi connectivity index (χ4n) is 1.78. The zero-order chi connectivity index (χ0) is 16.0. The van der Waals surface area contributed by atoms with E-state index in [9.17, 15) is 9.59 Å². The predicted molar refractivity (Wildman–Crippen MR) is 86.3 cm³/mol. The van der Waals surface area contributed by atoms with Crippen LogP contribution in [-0.2, 0) is 4.74 Å². The monoisotopic (exact) mass is 313 g/mol. The maximum absolute atomic E-state index is 12.2. The molecule has 4 N–H and O–H groups in total. The van der Waals surface area contributed by atoms with E-state index in [-0.39, 0.29) is 23.3 Å². The quantitative estimate of drug-likeness (QED) is 0.504. The number of hydrogen-bond donors (Lipinski definition) is 3. The third-order valence-electron chi connectivity index (χ3n) is 2.96. The number of hydrogen-bond acceptors (Lipinski definition) is 6. The van der Waals surface area contributed by atoms with E-state index in [4.69, 9.17) is 10.5 Å². The molecular weight excluding hydrogens is 290 g/mol. The number of rotatable bonds is 8. The van der Waals surface area contributed by atoms with Gasteiger partial charge in [-0.3, -0.25) is 9.59 Å². The molecule has 0 aliphatic carbocycles. The van der Waals surface area contributed by atoms with Crippen LogP contribution < -0.4 is 16.4 Å². The minimum absolute atomic E-state index is 0.0485. The van der Waals surface area contributed by atoms with Gasteiger partial charge in [-0.05, 0) is 6.42 Å². The Morgan fingerprint density at radius 1 is 1.38 bits per heavy atom. The number of ketones is 1. The van der Waals surface area contributed by atoms with Gasteiger partial charge in [0.15, 0.2) is 5.78 Å². The SMILES string of the molecule is CNC(=O)c1c(NCCCOC)sc(C(=O)C(C)C)c1N. The molecule has 0 spiro atoms. The van der Waals surface area contributed by atoms with E-state index >= 15 is 0 Å². The van der Waals surface area contributed by atoms with Crippen LogP contribution in [-0.4, -0.2) is 39.0 Å². The molecule has 0 unspecified atom stereocenters. The van der Waals surface area contributed by atoms with Gasteiger partial charge in [0, 0.05) is 33.2 Å². The number of carbonyl (C=O) groups is 2. The Labute approximate surface area is 129 Å². The zero-order valence-electron chi connectivity index (χ0n) is 12.9. The largest absolute Gasteiger partial charge is 0.397 e. The van der Waals surface area contributed by atoms with Gasteiger partial charge in [0.2, 0.25) is 0 Å². The summed E-state index contributed by atoms with van der Waals surface area (Å²) >= 11 is 1.24. The van der Waals surface area contributed by atoms with E-state index in [1.807, 2.05) is 13.8 Å². The van der Waals surface area contributed by atoms with Crippen LogP contribution in [0.1, 0.15) is 40.3 Å². The van der Waals surface area contributed by atoms with Crippen molar-refractivity contribution in [1.29, 1.82) is 0 Å². The van der Waals surface area contributed by atoms with Gasteiger partial charge in [0.05, 0.1) is 16.1 Å². The molecule has 1 rings (SSSR count). The lowest BCUT2D eigenvalue weighted by Crippen LogP contribution is -2.20. The van der Waals surface area contributed by atoms with Crippen molar-refractivity contribution < 1.29 is 14.3 Å². The third kappa shape index (κ3) is 4.18. The standard InChI is InChI=1S/C14H23N3O3S/c1-8(2)11(18)12-10(15)9(13(19)16-3)14(21-12)17-6-5-7-20-4/h8,17H,5-7,15H2,1-4H3,(H,16,19). The average Bonchev–Trinajstić information content (AvgIpc) is 2.78. The van der Waals surface area contributed by atoms with Crippen LogP contribution in [0, 0.1) is 5.92 Å². The number of methoxy groups -OCH3 is 1. The number of nitrogen functional groups attached to an aromatic ring is 1. The lowest BCUT2D eigenvalue weighted by Gasteiger charge is -2.06. The van der Waals surface area contributed by atoms with Crippen LogP contribution in [0.3, 0.4) is 0 Å². The molecular formula is C14H23N3O3S. The number of carbonyl (C=O) groups excluding carboxylic acids is 2. The van der Waals surface area contributed by atoms with Gasteiger partial charge in [0.1, 0.15) is 5.00 Å². The van der Waals surface area contributed by atoms with Crippen LogP contribution in [0.15, 0.2) is 0 Å². The van der Waals surface area contributed by atoms with Crippen molar-refractivity contribution in [2.75, 3.05) is 38.4 Å². The van der Waals surface area contributed by atoms with Crippen molar-refractivity contribution >= 4 is 33.7 Å². The first-order valence-electron chi connectivity index (χ1n) is 6.85. The summed E-state index contributed by atoms with van der Waals surface area (Å²) < 4.78 is 4.98. The highest BCUT2D eigenvalue weighted by Crippen LogP contribution is 2.37. The summed E-state index contributed by atoms with van der Waals surface area (Å²) in [6.45, 7) is 4.90. The van der Waals surface area contributed by atoms with E-state index in [0.717, 1.165) is 6.42 Å². The molecule has 1 aromatic rings. The number of nitrogens with two attached hydrogens (primary N) is 1. The second-order valence-corrected chi connectivity index (χ2v) is 5.94. The molecule has 0 fully saturated rings. The predicted octanol–water partition coefficient (Wildman–Crippen LogP) is 1.98. The highest BCUT2D eigenvalue weighted by molar-refractivity contribution is 7.19. The number of ether oxygens (including phenoxy) is 1. The summed E-state index contributed by atoms with van der Waals surface area (Å²) in [5, 5.41) is 6.35. The fraction of sp³-hybridized carbons (Fsp3) is 0.571. The Kier molecular flexibility index (Phi) is 6.64. The molecule has 0 aromatic carbocycles. The lowest BCUT2D eigenvalue weighted by molar-refractivity contribution is 0.0944. The topological polar surface area (TPSA) is 93.5 Å². The van der Waals surface area contributed by atoms with Crippen LogP contribution in [0.2, 0.25) is 0 Å². The smallest absolute Gasteiger partial charge is 0.256 e. The van der Waals surface area contributed by atoms with E-state index in [0.29, 0.717) is 28.6 Å². The van der Waals surface area contributed by atoms with Crippen LogP contribution in [0.5, 0.6) is 0 Å². The minimum Gasteiger partial charge on any atom is -0.397 e.